The number of allylic oxidation sites excluding steroid dienone is 1. The maximum atomic E-state index is 5.65. The summed E-state index contributed by atoms with van der Waals surface area (Å²) in [6.07, 6.45) is 17.7. The second-order valence-electron chi connectivity index (χ2n) is 8.28. The van der Waals surface area contributed by atoms with Crippen LogP contribution < -0.4 is 0 Å². The molecule has 2 bridgehead atoms. The highest BCUT2D eigenvalue weighted by molar-refractivity contribution is 6.11. The zero-order valence-electron chi connectivity index (χ0n) is 17.8. The Hall–Kier alpha value is -2.49. The lowest BCUT2D eigenvalue weighted by Gasteiger charge is -2.17. The number of ether oxygens (including phenoxy) is 1. The molecule has 1 unspecified atom stereocenters. The molecule has 3 heterocycles. The Bertz CT molecular complexity index is 899. The minimum absolute atomic E-state index is 0.633. The van der Waals surface area contributed by atoms with Crippen molar-refractivity contribution < 1.29 is 4.74 Å². The zero-order chi connectivity index (χ0) is 20.1. The first kappa shape index (κ1) is 19.8. The molecule has 2 aromatic heterocycles. The first-order valence-electron chi connectivity index (χ1n) is 11.2. The summed E-state index contributed by atoms with van der Waals surface area (Å²) in [5, 5.41) is 0. The summed E-state index contributed by atoms with van der Waals surface area (Å²) in [6.45, 7) is 2.29. The van der Waals surface area contributed by atoms with Gasteiger partial charge in [-0.25, -0.2) is 4.99 Å². The normalized spacial score (nSPS) is 21.2. The van der Waals surface area contributed by atoms with Crippen LogP contribution in [0.15, 0.2) is 46.9 Å². The first-order chi connectivity index (χ1) is 14.3. The van der Waals surface area contributed by atoms with E-state index in [0.29, 0.717) is 5.92 Å². The van der Waals surface area contributed by atoms with E-state index in [1.54, 1.807) is 7.11 Å². The molecular formula is C25H33N3O. The van der Waals surface area contributed by atoms with Gasteiger partial charge in [0.2, 0.25) is 0 Å². The molecule has 0 radical (unpaired) electrons. The fourth-order valence-corrected chi connectivity index (χ4v) is 4.55. The maximum absolute atomic E-state index is 5.65. The zero-order valence-corrected chi connectivity index (χ0v) is 17.8. The minimum atomic E-state index is 0.633. The van der Waals surface area contributed by atoms with E-state index in [1.165, 1.54) is 68.3 Å². The van der Waals surface area contributed by atoms with Gasteiger partial charge in [-0.15, -0.1) is 0 Å². The van der Waals surface area contributed by atoms with E-state index < -0.39 is 0 Å². The van der Waals surface area contributed by atoms with E-state index in [0.717, 1.165) is 29.3 Å². The van der Waals surface area contributed by atoms with Crippen molar-refractivity contribution in [1.29, 1.82) is 0 Å². The van der Waals surface area contributed by atoms with Gasteiger partial charge in [0.1, 0.15) is 11.5 Å². The van der Waals surface area contributed by atoms with Crippen molar-refractivity contribution in [2.75, 3.05) is 7.11 Å². The second kappa shape index (κ2) is 9.34. The van der Waals surface area contributed by atoms with E-state index in [4.69, 9.17) is 9.73 Å². The van der Waals surface area contributed by atoms with E-state index in [9.17, 15) is 0 Å². The van der Waals surface area contributed by atoms with Crippen LogP contribution >= 0.6 is 0 Å². The summed E-state index contributed by atoms with van der Waals surface area (Å²) >= 11 is 0. The molecule has 2 aliphatic rings. The topological polar surface area (TPSA) is 53.2 Å². The van der Waals surface area contributed by atoms with Crippen LogP contribution in [0, 0.1) is 0 Å². The van der Waals surface area contributed by atoms with Crippen molar-refractivity contribution in [1.82, 2.24) is 9.97 Å². The molecule has 4 rings (SSSR count). The van der Waals surface area contributed by atoms with Gasteiger partial charge in [-0.05, 0) is 61.4 Å². The number of unbranched alkanes of at least 4 members (excludes halogenated alkanes) is 1. The highest BCUT2D eigenvalue weighted by atomic mass is 16.5. The Kier molecular flexibility index (Phi) is 6.38. The molecule has 0 saturated heterocycles. The number of nitrogens with one attached hydrogen (secondary N) is 2. The molecule has 154 valence electrons. The fourth-order valence-electron chi connectivity index (χ4n) is 4.55. The predicted octanol–water partition coefficient (Wildman–Crippen LogP) is 6.50. The molecule has 2 aromatic rings. The van der Waals surface area contributed by atoms with Gasteiger partial charge in [0.15, 0.2) is 0 Å². The Labute approximate surface area is 174 Å². The molecule has 0 spiro atoms. The van der Waals surface area contributed by atoms with Crippen molar-refractivity contribution in [3.8, 4) is 0 Å². The number of nitrogens with zero attached hydrogens (tertiary/aromatic N) is 1. The van der Waals surface area contributed by atoms with Crippen LogP contribution in [0.4, 0.5) is 0 Å². The highest BCUT2D eigenvalue weighted by Gasteiger charge is 2.21. The van der Waals surface area contributed by atoms with Crippen LogP contribution in [0.1, 0.15) is 86.9 Å². The van der Waals surface area contributed by atoms with Crippen LogP contribution in [-0.4, -0.2) is 22.8 Å². The minimum Gasteiger partial charge on any atom is -0.494 e. The molecule has 0 fully saturated rings. The van der Waals surface area contributed by atoms with Gasteiger partial charge in [0.25, 0.3) is 0 Å². The Balaban J connectivity index is 1.70. The molecule has 1 aliphatic carbocycles. The Morgan fingerprint density at radius 3 is 2.93 bits per heavy atom. The number of fused-ring (bicyclic) bond motifs is 2. The van der Waals surface area contributed by atoms with Crippen LogP contribution in [0.5, 0.6) is 0 Å². The smallest absolute Gasteiger partial charge is 0.146 e. The fraction of sp³-hybridized carbons (Fsp3) is 0.480. The summed E-state index contributed by atoms with van der Waals surface area (Å²) in [5.41, 5.74) is 6.90. The number of aryl methyl sites for hydroxylation is 1. The summed E-state index contributed by atoms with van der Waals surface area (Å²) in [7, 11) is 1.72. The van der Waals surface area contributed by atoms with Crippen molar-refractivity contribution in [3.63, 3.8) is 0 Å². The molecule has 29 heavy (non-hydrogen) atoms. The van der Waals surface area contributed by atoms with Crippen LogP contribution in [0.2, 0.25) is 0 Å². The molecule has 0 amide bonds. The number of aromatic nitrogens is 2. The van der Waals surface area contributed by atoms with Crippen LogP contribution in [0.25, 0.3) is 6.08 Å². The van der Waals surface area contributed by atoms with Gasteiger partial charge >= 0.3 is 0 Å². The average Bonchev–Trinajstić information content (AvgIpc) is 3.47. The summed E-state index contributed by atoms with van der Waals surface area (Å²) < 4.78 is 5.65. The third-order valence-corrected chi connectivity index (χ3v) is 6.17. The number of aromatic amines is 2. The van der Waals surface area contributed by atoms with Gasteiger partial charge in [-0.2, -0.15) is 0 Å². The predicted molar refractivity (Wildman–Crippen MR) is 120 cm³/mol. The molecule has 1 atom stereocenters. The van der Waals surface area contributed by atoms with Crippen LogP contribution in [-0.2, 0) is 11.2 Å². The molecular weight excluding hydrogens is 358 g/mol. The monoisotopic (exact) mass is 391 g/mol. The summed E-state index contributed by atoms with van der Waals surface area (Å²) in [5.74, 6) is 1.46. The lowest BCUT2D eigenvalue weighted by molar-refractivity contribution is 0.303. The van der Waals surface area contributed by atoms with Crippen molar-refractivity contribution in [3.05, 3.63) is 64.6 Å². The average molecular weight is 392 g/mol. The number of aliphatic imine (C=N–C) groups is 1. The Morgan fingerprint density at radius 1 is 1.24 bits per heavy atom. The number of H-pyrrole nitrogens is 2. The molecule has 0 saturated carbocycles. The first-order valence-corrected chi connectivity index (χ1v) is 11.2. The molecule has 1 aliphatic heterocycles. The molecule has 0 aromatic carbocycles. The van der Waals surface area contributed by atoms with Gasteiger partial charge < -0.3 is 14.7 Å². The standard InChI is InChI=1S/C25H33N3O/c1-3-4-10-18-11-7-5-6-8-12-19-15-20(18)22(27-19)16-24-25(29-2)17-23(28-24)21-13-9-14-26-21/h9,13-18,26-27H,3-8,10-12H2,1-2H3/b24-16-. The molecule has 2 N–H and O–H groups in total. The molecule has 4 heteroatoms. The number of hydrogen-bond donors (Lipinski definition) is 2. The summed E-state index contributed by atoms with van der Waals surface area (Å²) in [4.78, 5) is 11.8. The summed E-state index contributed by atoms with van der Waals surface area (Å²) in [6, 6.07) is 6.47. The number of hydrogen-bond acceptors (Lipinski definition) is 2. The third-order valence-electron chi connectivity index (χ3n) is 6.17. The van der Waals surface area contributed by atoms with E-state index in [2.05, 4.69) is 29.0 Å². The lowest BCUT2D eigenvalue weighted by atomic mass is 9.87. The van der Waals surface area contributed by atoms with Crippen molar-refractivity contribution in [2.24, 2.45) is 4.99 Å². The second-order valence-corrected chi connectivity index (χ2v) is 8.28. The number of methoxy groups -OCH3 is 1. The van der Waals surface area contributed by atoms with Crippen molar-refractivity contribution >= 4 is 11.8 Å². The van der Waals surface area contributed by atoms with E-state index in [1.807, 2.05) is 24.4 Å². The maximum Gasteiger partial charge on any atom is 0.146 e. The molecule has 4 nitrogen and oxygen atoms in total. The van der Waals surface area contributed by atoms with E-state index in [-0.39, 0.29) is 0 Å². The Morgan fingerprint density at radius 2 is 2.14 bits per heavy atom. The van der Waals surface area contributed by atoms with Crippen molar-refractivity contribution in [2.45, 2.75) is 70.6 Å². The lowest BCUT2D eigenvalue weighted by Crippen LogP contribution is -2.01. The van der Waals surface area contributed by atoms with Crippen LogP contribution in [0.3, 0.4) is 0 Å². The SMILES string of the molecule is CCCCC1CCCCCCc2cc1c(/C=C1\N=C(c3ccc[nH]3)C=C1OC)[nH]2. The highest BCUT2D eigenvalue weighted by Crippen LogP contribution is 2.35. The number of rotatable bonds is 6. The van der Waals surface area contributed by atoms with E-state index >= 15 is 0 Å². The van der Waals surface area contributed by atoms with Gasteiger partial charge in [-0.1, -0.05) is 39.0 Å². The largest absolute Gasteiger partial charge is 0.494 e. The quantitative estimate of drug-likeness (QED) is 0.580. The van der Waals surface area contributed by atoms with Gasteiger partial charge in [-0.3, -0.25) is 0 Å². The van der Waals surface area contributed by atoms with Gasteiger partial charge in [0.05, 0.1) is 18.5 Å². The third kappa shape index (κ3) is 4.58. The van der Waals surface area contributed by atoms with Gasteiger partial charge in [0, 0.05) is 23.7 Å².